The number of hydrogen-bond acceptors (Lipinski definition) is 4. The van der Waals surface area contributed by atoms with E-state index in [2.05, 4.69) is 10.2 Å². The highest BCUT2D eigenvalue weighted by Gasteiger charge is 2.18. The number of rotatable bonds is 5. The molecule has 0 aliphatic carbocycles. The Morgan fingerprint density at radius 2 is 2.11 bits per heavy atom. The first-order chi connectivity index (χ1) is 8.74. The van der Waals surface area contributed by atoms with E-state index in [4.69, 9.17) is 21.8 Å². The van der Waals surface area contributed by atoms with Gasteiger partial charge in [-0.3, -0.25) is 0 Å². The lowest BCUT2D eigenvalue weighted by Gasteiger charge is -2.11. The van der Waals surface area contributed by atoms with Crippen LogP contribution in [0.15, 0.2) is 28.7 Å². The van der Waals surface area contributed by atoms with Crippen molar-refractivity contribution in [3.05, 3.63) is 46.6 Å². The fourth-order valence-corrected chi connectivity index (χ4v) is 1.99. The van der Waals surface area contributed by atoms with Crippen LogP contribution in [0.1, 0.15) is 30.2 Å². The van der Waals surface area contributed by atoms with Crippen LogP contribution < -0.4 is 5.73 Å². The van der Waals surface area contributed by atoms with Gasteiger partial charge in [-0.15, -0.1) is 10.2 Å². The van der Waals surface area contributed by atoms with E-state index in [0.717, 1.165) is 17.0 Å². The third-order valence-corrected chi connectivity index (χ3v) is 3.21. The number of halogens is 1. The second-order valence-corrected chi connectivity index (χ2v) is 4.52. The summed E-state index contributed by atoms with van der Waals surface area (Å²) in [5.41, 5.74) is 6.83. The van der Waals surface area contributed by atoms with Gasteiger partial charge in [0.15, 0.2) is 0 Å². The molecular formula is C13H16ClN3O. The lowest BCUT2D eigenvalue weighted by atomic mass is 9.99. The fourth-order valence-electron chi connectivity index (χ4n) is 1.78. The smallest absolute Gasteiger partial charge is 0.221 e. The summed E-state index contributed by atoms with van der Waals surface area (Å²) in [5, 5.41) is 8.75. The van der Waals surface area contributed by atoms with Crippen molar-refractivity contribution in [2.45, 2.75) is 25.7 Å². The minimum absolute atomic E-state index is 0.0118. The van der Waals surface area contributed by atoms with Crippen molar-refractivity contribution in [1.82, 2.24) is 10.2 Å². The van der Waals surface area contributed by atoms with Gasteiger partial charge in [0.2, 0.25) is 11.8 Å². The molecule has 2 rings (SSSR count). The molecule has 0 spiro atoms. The number of nitrogens with two attached hydrogens (primary N) is 1. The third kappa shape index (κ3) is 2.89. The van der Waals surface area contributed by atoms with Crippen LogP contribution >= 0.6 is 11.6 Å². The monoisotopic (exact) mass is 265 g/mol. The van der Waals surface area contributed by atoms with Crippen LogP contribution in [-0.4, -0.2) is 16.7 Å². The standard InChI is InChI=1S/C13H16ClN3O/c1-2-12-16-17-13(18-12)10(8-15)7-9-5-3-4-6-11(9)14/h3-6,10H,2,7-8,15H2,1H3. The van der Waals surface area contributed by atoms with Crippen LogP contribution in [0, 0.1) is 0 Å². The predicted octanol–water partition coefficient (Wildman–Crippen LogP) is 2.57. The third-order valence-electron chi connectivity index (χ3n) is 2.84. The number of aromatic nitrogens is 2. The average molecular weight is 266 g/mol. The van der Waals surface area contributed by atoms with Gasteiger partial charge in [0.05, 0.1) is 5.92 Å². The Morgan fingerprint density at radius 1 is 1.33 bits per heavy atom. The molecule has 0 aliphatic rings. The topological polar surface area (TPSA) is 64.9 Å². The van der Waals surface area contributed by atoms with Crippen LogP contribution in [0.25, 0.3) is 0 Å². The molecule has 1 unspecified atom stereocenters. The van der Waals surface area contributed by atoms with Crippen molar-refractivity contribution in [2.24, 2.45) is 5.73 Å². The van der Waals surface area contributed by atoms with E-state index >= 15 is 0 Å². The first-order valence-corrected chi connectivity index (χ1v) is 6.38. The zero-order chi connectivity index (χ0) is 13.0. The van der Waals surface area contributed by atoms with Crippen molar-refractivity contribution in [3.63, 3.8) is 0 Å². The molecule has 1 aromatic heterocycles. The van der Waals surface area contributed by atoms with Crippen LogP contribution in [0.2, 0.25) is 5.02 Å². The van der Waals surface area contributed by atoms with E-state index in [9.17, 15) is 0 Å². The van der Waals surface area contributed by atoms with Gasteiger partial charge in [0.25, 0.3) is 0 Å². The molecule has 0 bridgehead atoms. The molecule has 1 aromatic carbocycles. The number of hydrogen-bond donors (Lipinski definition) is 1. The average Bonchev–Trinajstić information content (AvgIpc) is 2.86. The maximum absolute atomic E-state index is 6.14. The zero-order valence-corrected chi connectivity index (χ0v) is 11.0. The van der Waals surface area contributed by atoms with E-state index in [1.54, 1.807) is 0 Å². The van der Waals surface area contributed by atoms with Gasteiger partial charge in [-0.05, 0) is 18.1 Å². The zero-order valence-electron chi connectivity index (χ0n) is 10.3. The summed E-state index contributed by atoms with van der Waals surface area (Å²) in [6.07, 6.45) is 1.44. The molecule has 1 atom stereocenters. The van der Waals surface area contributed by atoms with Crippen molar-refractivity contribution >= 4 is 11.6 Å². The molecule has 96 valence electrons. The predicted molar refractivity (Wildman–Crippen MR) is 70.6 cm³/mol. The summed E-state index contributed by atoms with van der Waals surface area (Å²) < 4.78 is 5.55. The second-order valence-electron chi connectivity index (χ2n) is 4.12. The van der Waals surface area contributed by atoms with Crippen molar-refractivity contribution in [3.8, 4) is 0 Å². The molecule has 0 saturated heterocycles. The molecule has 2 N–H and O–H groups in total. The number of nitrogens with zero attached hydrogens (tertiary/aromatic N) is 2. The molecule has 1 heterocycles. The maximum Gasteiger partial charge on any atom is 0.221 e. The highest BCUT2D eigenvalue weighted by atomic mass is 35.5. The number of aryl methyl sites for hydroxylation is 1. The van der Waals surface area contributed by atoms with Gasteiger partial charge >= 0.3 is 0 Å². The molecule has 0 fully saturated rings. The van der Waals surface area contributed by atoms with Gasteiger partial charge in [-0.2, -0.15) is 0 Å². The van der Waals surface area contributed by atoms with Crippen LogP contribution in [0.4, 0.5) is 0 Å². The normalized spacial score (nSPS) is 12.6. The van der Waals surface area contributed by atoms with Gasteiger partial charge in [-0.25, -0.2) is 0 Å². The molecule has 0 radical (unpaired) electrons. The number of benzene rings is 1. The largest absolute Gasteiger partial charge is 0.425 e. The minimum Gasteiger partial charge on any atom is -0.425 e. The minimum atomic E-state index is 0.0118. The Bertz CT molecular complexity index is 512. The van der Waals surface area contributed by atoms with Crippen molar-refractivity contribution in [2.75, 3.05) is 6.54 Å². The summed E-state index contributed by atoms with van der Waals surface area (Å²) >= 11 is 6.14. The summed E-state index contributed by atoms with van der Waals surface area (Å²) in [4.78, 5) is 0. The van der Waals surface area contributed by atoms with Gasteiger partial charge in [0.1, 0.15) is 0 Å². The lowest BCUT2D eigenvalue weighted by Crippen LogP contribution is -2.15. The van der Waals surface area contributed by atoms with E-state index in [-0.39, 0.29) is 5.92 Å². The SMILES string of the molecule is CCc1nnc(C(CN)Cc2ccccc2Cl)o1. The van der Waals surface area contributed by atoms with Crippen LogP contribution in [0.5, 0.6) is 0 Å². The Balaban J connectivity index is 2.17. The quantitative estimate of drug-likeness (QED) is 0.902. The Kier molecular flexibility index (Phi) is 4.33. The summed E-state index contributed by atoms with van der Waals surface area (Å²) in [6, 6.07) is 7.73. The second kappa shape index (κ2) is 5.98. The highest BCUT2D eigenvalue weighted by Crippen LogP contribution is 2.23. The molecule has 2 aromatic rings. The van der Waals surface area contributed by atoms with Crippen molar-refractivity contribution < 1.29 is 4.42 Å². The van der Waals surface area contributed by atoms with Gasteiger partial charge in [-0.1, -0.05) is 36.7 Å². The van der Waals surface area contributed by atoms with E-state index in [1.807, 2.05) is 31.2 Å². The summed E-state index contributed by atoms with van der Waals surface area (Å²) in [5.74, 6) is 1.24. The molecule has 5 heteroatoms. The van der Waals surface area contributed by atoms with Gasteiger partial charge in [0, 0.05) is 18.0 Å². The molecule has 18 heavy (non-hydrogen) atoms. The van der Waals surface area contributed by atoms with Crippen LogP contribution in [-0.2, 0) is 12.8 Å². The fraction of sp³-hybridized carbons (Fsp3) is 0.385. The van der Waals surface area contributed by atoms with E-state index in [1.165, 1.54) is 0 Å². The summed E-state index contributed by atoms with van der Waals surface area (Å²) in [7, 11) is 0. The van der Waals surface area contributed by atoms with Crippen LogP contribution in [0.3, 0.4) is 0 Å². The molecule has 0 aliphatic heterocycles. The molecular weight excluding hydrogens is 250 g/mol. The Morgan fingerprint density at radius 3 is 2.72 bits per heavy atom. The van der Waals surface area contributed by atoms with E-state index in [0.29, 0.717) is 24.7 Å². The Labute approximate surface area is 111 Å². The van der Waals surface area contributed by atoms with E-state index < -0.39 is 0 Å². The van der Waals surface area contributed by atoms with Crippen molar-refractivity contribution in [1.29, 1.82) is 0 Å². The molecule has 4 nitrogen and oxygen atoms in total. The molecule has 0 saturated carbocycles. The lowest BCUT2D eigenvalue weighted by molar-refractivity contribution is 0.417. The maximum atomic E-state index is 6.14. The Hall–Kier alpha value is -1.39. The first kappa shape index (κ1) is 13.1. The molecule has 0 amide bonds. The first-order valence-electron chi connectivity index (χ1n) is 6.00. The summed E-state index contributed by atoms with van der Waals surface area (Å²) in [6.45, 7) is 2.43. The van der Waals surface area contributed by atoms with Gasteiger partial charge < -0.3 is 10.2 Å². The highest BCUT2D eigenvalue weighted by molar-refractivity contribution is 6.31.